The van der Waals surface area contributed by atoms with Crippen LogP contribution < -0.4 is 16.2 Å². The molecule has 1 aromatic carbocycles. The summed E-state index contributed by atoms with van der Waals surface area (Å²) in [5.74, 6) is 0.433. The summed E-state index contributed by atoms with van der Waals surface area (Å²) in [4.78, 5) is 37.9. The molecule has 1 aliphatic carbocycles. The molecule has 2 aromatic heterocycles. The molecule has 2 amide bonds. The van der Waals surface area contributed by atoms with Crippen LogP contribution in [0.4, 0.5) is 0 Å². The highest BCUT2D eigenvalue weighted by Crippen LogP contribution is 2.22. The molecule has 1 fully saturated rings. The van der Waals surface area contributed by atoms with E-state index >= 15 is 0 Å². The first-order valence-corrected chi connectivity index (χ1v) is 12.5. The molecule has 1 unspecified atom stereocenters. The van der Waals surface area contributed by atoms with Crippen molar-refractivity contribution in [3.05, 3.63) is 34.6 Å². The number of carbonyl (C=O) groups excluding carboxylic acids is 2. The van der Waals surface area contributed by atoms with Crippen LogP contribution in [0.3, 0.4) is 0 Å². The average Bonchev–Trinajstić information content (AvgIpc) is 3.47. The molecule has 2 heterocycles. The number of aryl methyl sites for hydroxylation is 1. The first kappa shape index (κ1) is 23.3. The second-order valence-electron chi connectivity index (χ2n) is 8.56. The van der Waals surface area contributed by atoms with Crippen molar-refractivity contribution < 1.29 is 9.59 Å². The summed E-state index contributed by atoms with van der Waals surface area (Å²) in [6.45, 7) is 4.19. The third-order valence-corrected chi connectivity index (χ3v) is 7.04. The van der Waals surface area contributed by atoms with E-state index in [0.717, 1.165) is 32.1 Å². The van der Waals surface area contributed by atoms with Crippen molar-refractivity contribution in [1.29, 1.82) is 0 Å². The van der Waals surface area contributed by atoms with Crippen molar-refractivity contribution in [2.24, 2.45) is 0 Å². The van der Waals surface area contributed by atoms with Gasteiger partial charge in [0.2, 0.25) is 17.6 Å². The molecule has 3 aromatic rings. The van der Waals surface area contributed by atoms with Gasteiger partial charge >= 0.3 is 0 Å². The standard InChI is InChI=1S/C23H30N6O3S/c1-3-15(2)24-20(31)14-33-23-27-26-22-28(13-12-19(30)25-16-8-4-5-9-16)21(32)17-10-6-7-11-18(17)29(22)23/h6-7,10-11,15-16H,3-5,8-9,12-14H2,1-2H3,(H,24,31)(H,25,30). The summed E-state index contributed by atoms with van der Waals surface area (Å²) < 4.78 is 3.31. The van der Waals surface area contributed by atoms with Gasteiger partial charge in [0.25, 0.3) is 5.56 Å². The third-order valence-electron chi connectivity index (χ3n) is 6.11. The van der Waals surface area contributed by atoms with Crippen LogP contribution in [-0.2, 0) is 16.1 Å². The lowest BCUT2D eigenvalue weighted by atomic mass is 10.2. The number of hydrogen-bond acceptors (Lipinski definition) is 6. The maximum Gasteiger partial charge on any atom is 0.262 e. The molecule has 0 radical (unpaired) electrons. The summed E-state index contributed by atoms with van der Waals surface area (Å²) in [5.41, 5.74) is 0.476. The average molecular weight is 471 g/mol. The third kappa shape index (κ3) is 5.21. The van der Waals surface area contributed by atoms with Gasteiger partial charge in [0.05, 0.1) is 16.7 Å². The topological polar surface area (TPSA) is 110 Å². The lowest BCUT2D eigenvalue weighted by molar-refractivity contribution is -0.122. The van der Waals surface area contributed by atoms with E-state index < -0.39 is 0 Å². The SMILES string of the molecule is CCC(C)NC(=O)CSc1nnc2n(CCC(=O)NC3CCCC3)c(=O)c3ccccc3n12. The Labute approximate surface area is 196 Å². The Hall–Kier alpha value is -2.88. The number of nitrogens with one attached hydrogen (secondary N) is 2. The molecular weight excluding hydrogens is 440 g/mol. The fourth-order valence-electron chi connectivity index (χ4n) is 4.16. The first-order valence-electron chi connectivity index (χ1n) is 11.6. The lowest BCUT2D eigenvalue weighted by Gasteiger charge is -2.14. The second-order valence-corrected chi connectivity index (χ2v) is 9.50. The Morgan fingerprint density at radius 2 is 1.94 bits per heavy atom. The maximum absolute atomic E-state index is 13.2. The van der Waals surface area contributed by atoms with E-state index in [1.54, 1.807) is 10.5 Å². The minimum Gasteiger partial charge on any atom is -0.353 e. The maximum atomic E-state index is 13.2. The fraction of sp³-hybridized carbons (Fsp3) is 0.522. The zero-order valence-electron chi connectivity index (χ0n) is 19.0. The van der Waals surface area contributed by atoms with E-state index in [9.17, 15) is 14.4 Å². The summed E-state index contributed by atoms with van der Waals surface area (Å²) in [7, 11) is 0. The number of thioether (sulfide) groups is 1. The summed E-state index contributed by atoms with van der Waals surface area (Å²) in [6.07, 6.45) is 5.37. The van der Waals surface area contributed by atoms with Crippen molar-refractivity contribution in [1.82, 2.24) is 29.8 Å². The molecule has 1 aliphatic rings. The molecule has 0 spiro atoms. The number of hydrogen-bond donors (Lipinski definition) is 2. The van der Waals surface area contributed by atoms with E-state index in [2.05, 4.69) is 20.8 Å². The molecule has 0 saturated heterocycles. The molecule has 0 aliphatic heterocycles. The molecule has 9 nitrogen and oxygen atoms in total. The van der Waals surface area contributed by atoms with Crippen LogP contribution in [0.2, 0.25) is 0 Å². The van der Waals surface area contributed by atoms with Gasteiger partial charge in [-0.05, 0) is 38.3 Å². The zero-order valence-corrected chi connectivity index (χ0v) is 19.9. The molecule has 4 rings (SSSR count). The van der Waals surface area contributed by atoms with Gasteiger partial charge < -0.3 is 10.6 Å². The Balaban J connectivity index is 1.60. The minimum atomic E-state index is -0.203. The van der Waals surface area contributed by atoms with Crippen LogP contribution in [0.5, 0.6) is 0 Å². The van der Waals surface area contributed by atoms with Crippen LogP contribution in [0.25, 0.3) is 16.7 Å². The van der Waals surface area contributed by atoms with Crippen molar-refractivity contribution >= 4 is 40.3 Å². The fourth-order valence-corrected chi connectivity index (χ4v) is 4.91. The Morgan fingerprint density at radius 1 is 1.18 bits per heavy atom. The number of carbonyl (C=O) groups is 2. The molecule has 33 heavy (non-hydrogen) atoms. The second kappa shape index (κ2) is 10.4. The monoisotopic (exact) mass is 470 g/mol. The van der Waals surface area contributed by atoms with Gasteiger partial charge in [-0.2, -0.15) is 0 Å². The van der Waals surface area contributed by atoms with Crippen molar-refractivity contribution in [3.63, 3.8) is 0 Å². The largest absolute Gasteiger partial charge is 0.353 e. The quantitative estimate of drug-likeness (QED) is 0.465. The molecule has 1 atom stereocenters. The number of aromatic nitrogens is 4. The predicted molar refractivity (Wildman–Crippen MR) is 128 cm³/mol. The number of para-hydroxylation sites is 1. The summed E-state index contributed by atoms with van der Waals surface area (Å²) in [6, 6.07) is 7.61. The highest BCUT2D eigenvalue weighted by Gasteiger charge is 2.20. The van der Waals surface area contributed by atoms with Crippen LogP contribution in [0.1, 0.15) is 52.4 Å². The molecule has 2 N–H and O–H groups in total. The van der Waals surface area contributed by atoms with E-state index in [4.69, 9.17) is 0 Å². The minimum absolute atomic E-state index is 0.0593. The number of rotatable bonds is 9. The predicted octanol–water partition coefficient (Wildman–Crippen LogP) is 2.50. The highest BCUT2D eigenvalue weighted by molar-refractivity contribution is 7.99. The van der Waals surface area contributed by atoms with Gasteiger partial charge in [-0.25, -0.2) is 0 Å². The molecule has 176 valence electrons. The van der Waals surface area contributed by atoms with Crippen LogP contribution in [-0.4, -0.2) is 48.8 Å². The molecule has 10 heteroatoms. The van der Waals surface area contributed by atoms with E-state index in [1.807, 2.05) is 32.0 Å². The summed E-state index contributed by atoms with van der Waals surface area (Å²) >= 11 is 1.27. The number of nitrogens with zero attached hydrogens (tertiary/aromatic N) is 4. The van der Waals surface area contributed by atoms with Gasteiger partial charge in [-0.3, -0.25) is 23.4 Å². The van der Waals surface area contributed by atoms with Crippen LogP contribution >= 0.6 is 11.8 Å². The molecular formula is C23H30N6O3S. The number of benzene rings is 1. The first-order chi connectivity index (χ1) is 16.0. The van der Waals surface area contributed by atoms with Gasteiger partial charge in [0.15, 0.2) is 5.16 Å². The normalized spacial score (nSPS) is 15.2. The van der Waals surface area contributed by atoms with Crippen LogP contribution in [0.15, 0.2) is 34.2 Å². The summed E-state index contributed by atoms with van der Waals surface area (Å²) in [5, 5.41) is 15.6. The van der Waals surface area contributed by atoms with Crippen LogP contribution in [0, 0.1) is 0 Å². The number of amides is 2. The highest BCUT2D eigenvalue weighted by atomic mass is 32.2. The molecule has 0 bridgehead atoms. The molecule has 1 saturated carbocycles. The van der Waals surface area contributed by atoms with Gasteiger partial charge in [-0.15, -0.1) is 10.2 Å². The Bertz CT molecular complexity index is 1210. The smallest absolute Gasteiger partial charge is 0.262 e. The van der Waals surface area contributed by atoms with Gasteiger partial charge in [0, 0.05) is 25.0 Å². The zero-order chi connectivity index (χ0) is 23.4. The van der Waals surface area contributed by atoms with E-state index in [1.165, 1.54) is 16.3 Å². The number of fused-ring (bicyclic) bond motifs is 3. The van der Waals surface area contributed by atoms with Crippen molar-refractivity contribution in [2.75, 3.05) is 5.75 Å². The van der Waals surface area contributed by atoms with Crippen molar-refractivity contribution in [3.8, 4) is 0 Å². The van der Waals surface area contributed by atoms with E-state index in [-0.39, 0.29) is 48.2 Å². The Morgan fingerprint density at radius 3 is 2.70 bits per heavy atom. The Kier molecular flexibility index (Phi) is 7.32. The van der Waals surface area contributed by atoms with Gasteiger partial charge in [0.1, 0.15) is 0 Å². The lowest BCUT2D eigenvalue weighted by Crippen LogP contribution is -2.34. The van der Waals surface area contributed by atoms with Gasteiger partial charge in [-0.1, -0.05) is 43.7 Å². The van der Waals surface area contributed by atoms with E-state index in [0.29, 0.717) is 21.8 Å². The van der Waals surface area contributed by atoms with Crippen molar-refractivity contribution in [2.45, 2.75) is 76.2 Å².